The molecule has 1 aliphatic heterocycles. The third-order valence-electron chi connectivity index (χ3n) is 6.57. The molecule has 2 saturated carbocycles. The Morgan fingerprint density at radius 3 is 2.60 bits per heavy atom. The summed E-state index contributed by atoms with van der Waals surface area (Å²) in [5.74, 6) is -1.19. The van der Waals surface area contributed by atoms with Crippen LogP contribution in [0.5, 0.6) is 5.75 Å². The molecule has 7 heteroatoms. The number of rotatable bonds is 9. The molecule has 1 saturated heterocycles. The highest BCUT2D eigenvalue weighted by Gasteiger charge is 2.43. The molecule has 0 aromatic heterocycles. The van der Waals surface area contributed by atoms with Crippen LogP contribution in [0.25, 0.3) is 0 Å². The number of likely N-dealkylation sites (tertiary alicyclic amines) is 1. The van der Waals surface area contributed by atoms with Crippen LogP contribution in [0.3, 0.4) is 0 Å². The lowest BCUT2D eigenvalue weighted by Gasteiger charge is -2.33. The number of carbonyl (C=O) groups is 1. The van der Waals surface area contributed by atoms with E-state index in [1.165, 1.54) is 18.6 Å². The molecule has 1 aromatic rings. The van der Waals surface area contributed by atoms with Gasteiger partial charge in [-0.2, -0.15) is 0 Å². The third-order valence-corrected chi connectivity index (χ3v) is 6.57. The first-order chi connectivity index (χ1) is 14.3. The van der Waals surface area contributed by atoms with Gasteiger partial charge in [-0.3, -0.25) is 9.69 Å². The number of hydrogen-bond acceptors (Lipinski definition) is 3. The monoisotopic (exact) mass is 424 g/mol. The Labute approximate surface area is 176 Å². The van der Waals surface area contributed by atoms with Gasteiger partial charge in [0.15, 0.2) is 0 Å². The highest BCUT2D eigenvalue weighted by molar-refractivity contribution is 5.95. The Morgan fingerprint density at radius 2 is 1.97 bits per heavy atom. The van der Waals surface area contributed by atoms with Gasteiger partial charge in [0.1, 0.15) is 11.6 Å². The quantitative estimate of drug-likeness (QED) is 0.635. The van der Waals surface area contributed by atoms with Gasteiger partial charge in [-0.15, -0.1) is 0 Å². The second-order valence-electron chi connectivity index (χ2n) is 9.37. The van der Waals surface area contributed by atoms with Crippen LogP contribution in [-0.2, 0) is 0 Å². The molecule has 30 heavy (non-hydrogen) atoms. The molecule has 0 bridgehead atoms. The smallest absolute Gasteiger partial charge is 0.257 e. The number of benzene rings is 1. The van der Waals surface area contributed by atoms with Crippen molar-refractivity contribution in [1.82, 2.24) is 10.2 Å². The molecule has 0 spiro atoms. The molecule has 166 valence electrons. The number of piperidine rings is 1. The third kappa shape index (κ3) is 5.90. The summed E-state index contributed by atoms with van der Waals surface area (Å²) >= 11 is 0. The van der Waals surface area contributed by atoms with Crippen LogP contribution in [0.15, 0.2) is 18.2 Å². The highest BCUT2D eigenvalue weighted by Crippen LogP contribution is 2.49. The fourth-order valence-electron chi connectivity index (χ4n) is 4.70. The lowest BCUT2D eigenvalue weighted by Crippen LogP contribution is -2.41. The topological polar surface area (TPSA) is 41.6 Å². The minimum Gasteiger partial charge on any atom is -0.493 e. The van der Waals surface area contributed by atoms with Crippen molar-refractivity contribution in [3.8, 4) is 5.75 Å². The molecule has 4 nitrogen and oxygen atoms in total. The van der Waals surface area contributed by atoms with E-state index in [0.29, 0.717) is 30.1 Å². The number of ether oxygens (including phenoxy) is 1. The highest BCUT2D eigenvalue weighted by atomic mass is 19.3. The maximum absolute atomic E-state index is 14.2. The Balaban J connectivity index is 1.16. The van der Waals surface area contributed by atoms with Gasteiger partial charge in [0.25, 0.3) is 11.8 Å². The maximum atomic E-state index is 14.2. The van der Waals surface area contributed by atoms with Gasteiger partial charge < -0.3 is 10.1 Å². The van der Waals surface area contributed by atoms with Crippen LogP contribution >= 0.6 is 0 Å². The molecule has 1 heterocycles. The fraction of sp³-hybridized carbons (Fsp3) is 0.696. The molecular formula is C23H31F3N2O2. The molecule has 1 aromatic carbocycles. The number of nitrogens with zero attached hydrogens (tertiary/aromatic N) is 1. The van der Waals surface area contributed by atoms with E-state index in [1.807, 2.05) is 4.90 Å². The van der Waals surface area contributed by atoms with Gasteiger partial charge >= 0.3 is 0 Å². The summed E-state index contributed by atoms with van der Waals surface area (Å²) in [6, 6.07) is 4.61. The van der Waals surface area contributed by atoms with Crippen LogP contribution in [0.4, 0.5) is 13.2 Å². The molecule has 4 rings (SSSR count). The van der Waals surface area contributed by atoms with Crippen molar-refractivity contribution in [3.63, 3.8) is 0 Å². The van der Waals surface area contributed by atoms with E-state index in [2.05, 4.69) is 5.32 Å². The van der Waals surface area contributed by atoms with Crippen molar-refractivity contribution in [2.24, 2.45) is 17.8 Å². The molecule has 0 radical (unpaired) electrons. The summed E-state index contributed by atoms with van der Waals surface area (Å²) < 4.78 is 46.2. The number of halogens is 3. The van der Waals surface area contributed by atoms with E-state index in [0.717, 1.165) is 52.1 Å². The van der Waals surface area contributed by atoms with Gasteiger partial charge in [-0.1, -0.05) is 0 Å². The first-order valence-electron chi connectivity index (χ1n) is 11.1. The second kappa shape index (κ2) is 8.77. The summed E-state index contributed by atoms with van der Waals surface area (Å²) in [7, 11) is 0. The van der Waals surface area contributed by atoms with E-state index >= 15 is 0 Å². The molecule has 3 aliphatic rings. The number of amides is 1. The number of alkyl halides is 2. The Hall–Kier alpha value is -1.76. The van der Waals surface area contributed by atoms with Crippen LogP contribution in [0, 0.1) is 23.6 Å². The molecule has 0 unspecified atom stereocenters. The van der Waals surface area contributed by atoms with Crippen LogP contribution in [0.1, 0.15) is 55.8 Å². The van der Waals surface area contributed by atoms with E-state index in [-0.39, 0.29) is 24.1 Å². The summed E-state index contributed by atoms with van der Waals surface area (Å²) in [6.45, 7) is 2.88. The Bertz CT molecular complexity index is 755. The second-order valence-corrected chi connectivity index (χ2v) is 9.37. The first kappa shape index (κ1) is 21.5. The van der Waals surface area contributed by atoms with E-state index in [9.17, 15) is 18.0 Å². The molecule has 1 N–H and O–H groups in total. The predicted molar refractivity (Wildman–Crippen MR) is 108 cm³/mol. The summed E-state index contributed by atoms with van der Waals surface area (Å²) in [5.41, 5.74) is 0.0590. The average molecular weight is 425 g/mol. The number of nitrogens with one attached hydrogen (secondary N) is 1. The minimum atomic E-state index is -2.62. The van der Waals surface area contributed by atoms with Crippen molar-refractivity contribution in [1.29, 1.82) is 0 Å². The zero-order valence-corrected chi connectivity index (χ0v) is 17.5. The SMILES string of the molecule is CC(F)(F)CN1CCC([C@H]2C[C@H]2CCOc2ccc(C(=O)NC3CC3)c(F)c2)CC1. The minimum absolute atomic E-state index is 0.0590. The standard InChI is InChI=1S/C23H31F3N2O2/c1-23(25,26)14-28-9-6-15(7-10-28)20-12-16(20)8-11-30-18-4-5-19(21(24)13-18)22(29)27-17-2-3-17/h4-5,13,15-17,20H,2-3,6-12,14H2,1H3,(H,27,29)/t16-,20-/m1/s1. The first-order valence-corrected chi connectivity index (χ1v) is 11.1. The van der Waals surface area contributed by atoms with Crippen LogP contribution in [-0.4, -0.2) is 49.0 Å². The van der Waals surface area contributed by atoms with Crippen molar-refractivity contribution >= 4 is 5.91 Å². The molecule has 2 aliphatic carbocycles. The molecule has 1 amide bonds. The largest absolute Gasteiger partial charge is 0.493 e. The summed E-state index contributed by atoms with van der Waals surface area (Å²) in [4.78, 5) is 13.9. The van der Waals surface area contributed by atoms with Crippen LogP contribution in [0.2, 0.25) is 0 Å². The normalized spacial score (nSPS) is 25.2. The Morgan fingerprint density at radius 1 is 1.23 bits per heavy atom. The van der Waals surface area contributed by atoms with Gasteiger partial charge in [0, 0.05) is 19.0 Å². The van der Waals surface area contributed by atoms with E-state index in [4.69, 9.17) is 4.74 Å². The van der Waals surface area contributed by atoms with Gasteiger partial charge in [0.05, 0.1) is 18.7 Å². The van der Waals surface area contributed by atoms with Gasteiger partial charge in [0.2, 0.25) is 0 Å². The molecular weight excluding hydrogens is 393 g/mol. The predicted octanol–water partition coefficient (Wildman–Crippen LogP) is 4.49. The molecule has 3 fully saturated rings. The van der Waals surface area contributed by atoms with E-state index < -0.39 is 11.7 Å². The summed E-state index contributed by atoms with van der Waals surface area (Å²) in [5, 5.41) is 2.79. The molecule has 2 atom stereocenters. The maximum Gasteiger partial charge on any atom is 0.257 e. The van der Waals surface area contributed by atoms with Crippen molar-refractivity contribution in [3.05, 3.63) is 29.6 Å². The van der Waals surface area contributed by atoms with Crippen LogP contribution < -0.4 is 10.1 Å². The fourth-order valence-corrected chi connectivity index (χ4v) is 4.70. The van der Waals surface area contributed by atoms with E-state index in [1.54, 1.807) is 6.07 Å². The zero-order valence-electron chi connectivity index (χ0n) is 17.5. The van der Waals surface area contributed by atoms with Crippen molar-refractivity contribution in [2.45, 2.75) is 57.4 Å². The van der Waals surface area contributed by atoms with Gasteiger partial charge in [-0.05, 0) is 81.5 Å². The van der Waals surface area contributed by atoms with Crippen molar-refractivity contribution < 1.29 is 22.7 Å². The zero-order chi connectivity index (χ0) is 21.3. The number of carbonyl (C=O) groups excluding carboxylic acids is 1. The average Bonchev–Trinajstić information content (AvgIpc) is 3.58. The summed E-state index contributed by atoms with van der Waals surface area (Å²) in [6.07, 6.45) is 6.01. The lowest BCUT2D eigenvalue weighted by atomic mass is 9.90. The lowest BCUT2D eigenvalue weighted by molar-refractivity contribution is -0.0232. The Kier molecular flexibility index (Phi) is 6.28. The van der Waals surface area contributed by atoms with Gasteiger partial charge in [-0.25, -0.2) is 13.2 Å². The van der Waals surface area contributed by atoms with Crippen molar-refractivity contribution in [2.75, 3.05) is 26.2 Å². The number of hydrogen-bond donors (Lipinski definition) is 1.